The number of methoxy groups -OCH3 is 3. The van der Waals surface area contributed by atoms with Crippen molar-refractivity contribution in [3.8, 4) is 11.5 Å². The van der Waals surface area contributed by atoms with Crippen LogP contribution < -0.4 is 20.1 Å². The molecule has 2 N–H and O–H groups in total. The van der Waals surface area contributed by atoms with Crippen LogP contribution in [0.2, 0.25) is 0 Å². The Bertz CT molecular complexity index is 652. The minimum Gasteiger partial charge on any atom is -0.496 e. The van der Waals surface area contributed by atoms with E-state index in [0.717, 1.165) is 5.69 Å². The first-order valence-corrected chi connectivity index (χ1v) is 7.40. The molecular formula is C17H21N3O4. The smallest absolute Gasteiger partial charge is 0.264 e. The Labute approximate surface area is 140 Å². The molecule has 0 saturated heterocycles. The Kier molecular flexibility index (Phi) is 6.39. The van der Waals surface area contributed by atoms with Crippen molar-refractivity contribution in [3.63, 3.8) is 0 Å². The lowest BCUT2D eigenvalue weighted by atomic mass is 10.1. The summed E-state index contributed by atoms with van der Waals surface area (Å²) in [6.45, 7) is 1.29. The first-order chi connectivity index (χ1) is 11.7. The molecule has 1 aromatic heterocycles. The Morgan fingerprint density at radius 2 is 1.79 bits per heavy atom. The first-order valence-electron chi connectivity index (χ1n) is 7.40. The number of aromatic nitrogens is 1. The van der Waals surface area contributed by atoms with Crippen molar-refractivity contribution < 1.29 is 19.0 Å². The molecule has 128 valence electrons. The maximum absolute atomic E-state index is 12.5. The van der Waals surface area contributed by atoms with Crippen molar-refractivity contribution >= 4 is 17.4 Å². The van der Waals surface area contributed by atoms with Crippen LogP contribution in [0.4, 0.5) is 11.5 Å². The molecule has 7 nitrogen and oxygen atoms in total. The van der Waals surface area contributed by atoms with E-state index in [1.807, 2.05) is 6.07 Å². The SMILES string of the molecule is COCCNc1ccc(NC(=O)c2c(OC)cccc2OC)nc1. The highest BCUT2D eigenvalue weighted by Gasteiger charge is 2.18. The van der Waals surface area contributed by atoms with Gasteiger partial charge in [0.15, 0.2) is 0 Å². The van der Waals surface area contributed by atoms with Gasteiger partial charge >= 0.3 is 0 Å². The molecule has 1 amide bonds. The topological polar surface area (TPSA) is 81.7 Å². The van der Waals surface area contributed by atoms with Crippen LogP contribution in [0.3, 0.4) is 0 Å². The molecule has 0 aliphatic carbocycles. The van der Waals surface area contributed by atoms with Gasteiger partial charge < -0.3 is 24.8 Å². The second-order valence-electron chi connectivity index (χ2n) is 4.84. The van der Waals surface area contributed by atoms with Gasteiger partial charge in [0.2, 0.25) is 0 Å². The van der Waals surface area contributed by atoms with Crippen molar-refractivity contribution in [2.45, 2.75) is 0 Å². The molecule has 2 rings (SSSR count). The zero-order chi connectivity index (χ0) is 17.4. The van der Waals surface area contributed by atoms with Gasteiger partial charge in [0.05, 0.1) is 32.7 Å². The van der Waals surface area contributed by atoms with Crippen LogP contribution in [-0.4, -0.2) is 45.4 Å². The van der Waals surface area contributed by atoms with E-state index in [4.69, 9.17) is 14.2 Å². The molecule has 0 fully saturated rings. The number of amides is 1. The van der Waals surface area contributed by atoms with E-state index in [2.05, 4.69) is 15.6 Å². The van der Waals surface area contributed by atoms with Crippen LogP contribution in [0.1, 0.15) is 10.4 Å². The lowest BCUT2D eigenvalue weighted by Gasteiger charge is -2.13. The fourth-order valence-corrected chi connectivity index (χ4v) is 2.12. The van der Waals surface area contributed by atoms with Gasteiger partial charge in [-0.05, 0) is 24.3 Å². The zero-order valence-corrected chi connectivity index (χ0v) is 14.0. The Balaban J connectivity index is 2.10. The predicted octanol–water partition coefficient (Wildman–Crippen LogP) is 2.41. The molecule has 0 aliphatic rings. The third-order valence-electron chi connectivity index (χ3n) is 3.30. The van der Waals surface area contributed by atoms with Gasteiger partial charge in [-0.3, -0.25) is 4.79 Å². The number of nitrogens with zero attached hydrogens (tertiary/aromatic N) is 1. The van der Waals surface area contributed by atoms with E-state index >= 15 is 0 Å². The molecule has 0 bridgehead atoms. The zero-order valence-electron chi connectivity index (χ0n) is 14.0. The predicted molar refractivity (Wildman–Crippen MR) is 92.1 cm³/mol. The van der Waals surface area contributed by atoms with Crippen molar-refractivity contribution in [2.24, 2.45) is 0 Å². The number of benzene rings is 1. The van der Waals surface area contributed by atoms with Crippen molar-refractivity contribution in [1.29, 1.82) is 0 Å². The van der Waals surface area contributed by atoms with Gasteiger partial charge in [-0.25, -0.2) is 4.98 Å². The van der Waals surface area contributed by atoms with E-state index in [1.165, 1.54) is 14.2 Å². The summed E-state index contributed by atoms with van der Waals surface area (Å²) in [7, 11) is 4.65. The Morgan fingerprint density at radius 3 is 2.33 bits per heavy atom. The summed E-state index contributed by atoms with van der Waals surface area (Å²) in [4.78, 5) is 16.7. The molecule has 2 aromatic rings. The number of nitrogens with one attached hydrogen (secondary N) is 2. The van der Waals surface area contributed by atoms with E-state index in [0.29, 0.717) is 36.0 Å². The molecular weight excluding hydrogens is 310 g/mol. The van der Waals surface area contributed by atoms with Gasteiger partial charge in [0, 0.05) is 13.7 Å². The molecule has 0 spiro atoms. The number of hydrogen-bond acceptors (Lipinski definition) is 6. The van der Waals surface area contributed by atoms with E-state index < -0.39 is 0 Å². The van der Waals surface area contributed by atoms with E-state index in [1.54, 1.807) is 37.6 Å². The van der Waals surface area contributed by atoms with Crippen molar-refractivity contribution in [3.05, 3.63) is 42.1 Å². The third-order valence-corrected chi connectivity index (χ3v) is 3.30. The second-order valence-corrected chi connectivity index (χ2v) is 4.84. The molecule has 7 heteroatoms. The standard InChI is InChI=1S/C17H21N3O4/c1-22-10-9-18-12-7-8-15(19-11-12)20-17(21)16-13(23-2)5-4-6-14(16)24-3/h4-8,11,18H,9-10H2,1-3H3,(H,19,20,21). The van der Waals surface area contributed by atoms with Crippen LogP contribution in [0.5, 0.6) is 11.5 Å². The fraction of sp³-hybridized carbons (Fsp3) is 0.294. The molecule has 0 aliphatic heterocycles. The van der Waals surface area contributed by atoms with Gasteiger partial charge in [-0.2, -0.15) is 0 Å². The Morgan fingerprint density at radius 1 is 1.08 bits per heavy atom. The molecule has 0 radical (unpaired) electrons. The minimum absolute atomic E-state index is 0.326. The maximum atomic E-state index is 12.5. The number of carbonyl (C=O) groups is 1. The van der Waals surface area contributed by atoms with Crippen LogP contribution in [0, 0.1) is 0 Å². The molecule has 0 atom stereocenters. The number of carbonyl (C=O) groups excluding carboxylic acids is 1. The summed E-state index contributed by atoms with van der Waals surface area (Å²) in [5.74, 6) is 0.955. The largest absolute Gasteiger partial charge is 0.496 e. The van der Waals surface area contributed by atoms with E-state index in [9.17, 15) is 4.79 Å². The number of anilines is 2. The van der Waals surface area contributed by atoms with Crippen LogP contribution in [0.25, 0.3) is 0 Å². The molecule has 0 unspecified atom stereocenters. The van der Waals surface area contributed by atoms with Gasteiger partial charge in [0.1, 0.15) is 22.9 Å². The fourth-order valence-electron chi connectivity index (χ4n) is 2.12. The number of ether oxygens (including phenoxy) is 3. The second kappa shape index (κ2) is 8.73. The normalized spacial score (nSPS) is 10.1. The molecule has 1 aromatic carbocycles. The summed E-state index contributed by atoms with van der Waals surface area (Å²) in [6.07, 6.45) is 1.64. The lowest BCUT2D eigenvalue weighted by molar-refractivity contribution is 0.102. The monoisotopic (exact) mass is 331 g/mol. The summed E-state index contributed by atoms with van der Waals surface area (Å²) in [5.41, 5.74) is 1.17. The third kappa shape index (κ3) is 4.36. The molecule has 24 heavy (non-hydrogen) atoms. The van der Waals surface area contributed by atoms with Gasteiger partial charge in [0.25, 0.3) is 5.91 Å². The Hall–Kier alpha value is -2.80. The summed E-state index contributed by atoms with van der Waals surface area (Å²) < 4.78 is 15.4. The van der Waals surface area contributed by atoms with Gasteiger partial charge in [-0.1, -0.05) is 6.07 Å². The number of pyridine rings is 1. The van der Waals surface area contributed by atoms with Crippen molar-refractivity contribution in [2.75, 3.05) is 45.1 Å². The average Bonchev–Trinajstić information content (AvgIpc) is 2.62. The highest BCUT2D eigenvalue weighted by molar-refractivity contribution is 6.07. The minimum atomic E-state index is -0.350. The first kappa shape index (κ1) is 17.6. The average molecular weight is 331 g/mol. The van der Waals surface area contributed by atoms with Crippen LogP contribution in [0.15, 0.2) is 36.5 Å². The highest BCUT2D eigenvalue weighted by Crippen LogP contribution is 2.28. The van der Waals surface area contributed by atoms with Crippen LogP contribution >= 0.6 is 0 Å². The summed E-state index contributed by atoms with van der Waals surface area (Å²) in [5, 5.41) is 5.89. The lowest BCUT2D eigenvalue weighted by Crippen LogP contribution is -2.15. The number of hydrogen-bond donors (Lipinski definition) is 2. The molecule has 1 heterocycles. The summed E-state index contributed by atoms with van der Waals surface area (Å²) in [6, 6.07) is 8.71. The summed E-state index contributed by atoms with van der Waals surface area (Å²) >= 11 is 0. The van der Waals surface area contributed by atoms with Gasteiger partial charge in [-0.15, -0.1) is 0 Å². The number of rotatable bonds is 8. The van der Waals surface area contributed by atoms with Crippen molar-refractivity contribution in [1.82, 2.24) is 4.98 Å². The van der Waals surface area contributed by atoms with E-state index in [-0.39, 0.29) is 5.91 Å². The maximum Gasteiger partial charge on any atom is 0.264 e. The highest BCUT2D eigenvalue weighted by atomic mass is 16.5. The molecule has 0 saturated carbocycles. The quantitative estimate of drug-likeness (QED) is 0.723. The van der Waals surface area contributed by atoms with Crippen LogP contribution in [-0.2, 0) is 4.74 Å².